The summed E-state index contributed by atoms with van der Waals surface area (Å²) in [5.74, 6) is -0.249. The third-order valence-electron chi connectivity index (χ3n) is 4.13. The summed E-state index contributed by atoms with van der Waals surface area (Å²) in [4.78, 5) is 24.6. The molecule has 1 atom stereocenters. The molecule has 0 spiro atoms. The molecule has 0 aromatic heterocycles. The van der Waals surface area contributed by atoms with Crippen LogP contribution in [0.4, 0.5) is 11.4 Å². The van der Waals surface area contributed by atoms with Crippen molar-refractivity contribution in [3.8, 4) is 0 Å². The Morgan fingerprint density at radius 2 is 2.13 bits per heavy atom. The van der Waals surface area contributed by atoms with E-state index in [-0.39, 0.29) is 47.7 Å². The fourth-order valence-corrected chi connectivity index (χ4v) is 2.75. The van der Waals surface area contributed by atoms with Gasteiger partial charge in [0.15, 0.2) is 0 Å². The number of para-hydroxylation sites is 2. The zero-order valence-corrected chi connectivity index (χ0v) is 14.1. The van der Waals surface area contributed by atoms with Crippen LogP contribution in [0.15, 0.2) is 24.3 Å². The van der Waals surface area contributed by atoms with Gasteiger partial charge in [0.25, 0.3) is 5.69 Å². The summed E-state index contributed by atoms with van der Waals surface area (Å²) in [6, 6.07) is 6.26. The molecule has 1 aromatic rings. The number of carbonyl (C=O) groups excluding carboxylic acids is 1. The van der Waals surface area contributed by atoms with Gasteiger partial charge >= 0.3 is 0 Å². The van der Waals surface area contributed by atoms with E-state index in [2.05, 4.69) is 19.2 Å². The molecule has 8 heteroatoms. The number of nitrogens with two attached hydrogens (primary N) is 1. The van der Waals surface area contributed by atoms with E-state index in [1.54, 1.807) is 12.1 Å². The smallest absolute Gasteiger partial charge is 0.292 e. The number of nitro groups is 1. The molecule has 0 saturated carbocycles. The van der Waals surface area contributed by atoms with Crippen molar-refractivity contribution in [3.63, 3.8) is 0 Å². The average molecular weight is 343 g/mol. The number of hydrogen-bond donors (Lipinski definition) is 2. The second kappa shape index (κ2) is 7.72. The molecule has 7 nitrogen and oxygen atoms in total. The monoisotopic (exact) mass is 342 g/mol. The van der Waals surface area contributed by atoms with Gasteiger partial charge in [-0.2, -0.15) is 0 Å². The Hall–Kier alpha value is -1.70. The maximum absolute atomic E-state index is 12.1. The van der Waals surface area contributed by atoms with Gasteiger partial charge in [-0.15, -0.1) is 12.4 Å². The molecular weight excluding hydrogens is 320 g/mol. The highest BCUT2D eigenvalue weighted by Gasteiger charge is 2.34. The molecule has 1 aromatic carbocycles. The number of nitro benzene ring substituents is 1. The number of amides is 1. The van der Waals surface area contributed by atoms with Crippen LogP contribution in [0.25, 0.3) is 0 Å². The van der Waals surface area contributed by atoms with Gasteiger partial charge in [-0.1, -0.05) is 26.0 Å². The maximum Gasteiger partial charge on any atom is 0.292 e. The van der Waals surface area contributed by atoms with E-state index in [0.717, 1.165) is 19.5 Å². The minimum atomic E-state index is -0.501. The second-order valence-electron chi connectivity index (χ2n) is 6.42. The van der Waals surface area contributed by atoms with E-state index >= 15 is 0 Å². The van der Waals surface area contributed by atoms with Gasteiger partial charge in [-0.25, -0.2) is 0 Å². The highest BCUT2D eigenvalue weighted by Crippen LogP contribution is 2.28. The normalized spacial score (nSPS) is 20.4. The van der Waals surface area contributed by atoms with E-state index in [1.807, 2.05) is 4.90 Å². The topological polar surface area (TPSA) is 102 Å². The fourth-order valence-electron chi connectivity index (χ4n) is 2.75. The molecule has 0 radical (unpaired) electrons. The minimum Gasteiger partial charge on any atom is -0.327 e. The molecule has 1 heterocycles. The van der Waals surface area contributed by atoms with Gasteiger partial charge in [0, 0.05) is 25.2 Å². The van der Waals surface area contributed by atoms with Crippen LogP contribution < -0.4 is 11.1 Å². The first-order valence-electron chi connectivity index (χ1n) is 7.31. The fraction of sp³-hybridized carbons (Fsp3) is 0.533. The molecule has 23 heavy (non-hydrogen) atoms. The third-order valence-corrected chi connectivity index (χ3v) is 4.13. The zero-order chi connectivity index (χ0) is 16.3. The largest absolute Gasteiger partial charge is 0.327 e. The number of nitrogens with one attached hydrogen (secondary N) is 1. The molecule has 128 valence electrons. The first kappa shape index (κ1) is 19.3. The lowest BCUT2D eigenvalue weighted by Crippen LogP contribution is -2.53. The number of anilines is 1. The summed E-state index contributed by atoms with van der Waals surface area (Å²) in [7, 11) is 0. The number of piperidine rings is 1. The van der Waals surface area contributed by atoms with Crippen LogP contribution >= 0.6 is 12.4 Å². The quantitative estimate of drug-likeness (QED) is 0.643. The SMILES string of the molecule is CC1(C)CN(CC(=O)Nc2ccccc2[N+](=O)[O-])CCC1N.Cl. The Morgan fingerprint density at radius 3 is 2.74 bits per heavy atom. The Balaban J connectivity index is 0.00000264. The van der Waals surface area contributed by atoms with Crippen molar-refractivity contribution in [3.05, 3.63) is 34.4 Å². The van der Waals surface area contributed by atoms with Gasteiger partial charge in [0.2, 0.25) is 5.91 Å². The van der Waals surface area contributed by atoms with Crippen LogP contribution in [-0.4, -0.2) is 41.4 Å². The Kier molecular flexibility index (Phi) is 6.49. The van der Waals surface area contributed by atoms with Gasteiger partial charge < -0.3 is 11.1 Å². The summed E-state index contributed by atoms with van der Waals surface area (Å²) in [6.45, 7) is 5.88. The summed E-state index contributed by atoms with van der Waals surface area (Å²) in [5, 5.41) is 13.6. The predicted octanol–water partition coefficient (Wildman–Crippen LogP) is 2.01. The van der Waals surface area contributed by atoms with Crippen molar-refractivity contribution in [2.24, 2.45) is 11.1 Å². The summed E-state index contributed by atoms with van der Waals surface area (Å²) in [5.41, 5.74) is 6.16. The van der Waals surface area contributed by atoms with Crippen LogP contribution in [0.5, 0.6) is 0 Å². The molecule has 3 N–H and O–H groups in total. The first-order valence-corrected chi connectivity index (χ1v) is 7.31. The van der Waals surface area contributed by atoms with E-state index in [0.29, 0.717) is 0 Å². The number of hydrogen-bond acceptors (Lipinski definition) is 5. The molecule has 1 aliphatic rings. The number of likely N-dealkylation sites (tertiary alicyclic amines) is 1. The van der Waals surface area contributed by atoms with Crippen LogP contribution in [0.1, 0.15) is 20.3 Å². The maximum atomic E-state index is 12.1. The van der Waals surface area contributed by atoms with Gasteiger partial charge in [-0.3, -0.25) is 19.8 Å². The van der Waals surface area contributed by atoms with E-state index in [4.69, 9.17) is 5.73 Å². The standard InChI is InChI=1S/C15H22N4O3.ClH/c1-15(2)10-18(8-7-13(15)16)9-14(20)17-11-5-3-4-6-12(11)19(21)22;/h3-6,13H,7-10,16H2,1-2H3,(H,17,20);1H. The molecule has 1 amide bonds. The van der Waals surface area contributed by atoms with Crippen LogP contribution in [0.2, 0.25) is 0 Å². The first-order chi connectivity index (χ1) is 10.3. The lowest BCUT2D eigenvalue weighted by molar-refractivity contribution is -0.383. The molecule has 0 aliphatic carbocycles. The van der Waals surface area contributed by atoms with Gasteiger partial charge in [0.1, 0.15) is 5.69 Å². The highest BCUT2D eigenvalue weighted by atomic mass is 35.5. The summed E-state index contributed by atoms with van der Waals surface area (Å²) in [6.07, 6.45) is 0.839. The van der Waals surface area contributed by atoms with Crippen LogP contribution in [0.3, 0.4) is 0 Å². The van der Waals surface area contributed by atoms with Crippen molar-refractivity contribution in [2.45, 2.75) is 26.3 Å². The molecule has 2 rings (SSSR count). The average Bonchev–Trinajstić information content (AvgIpc) is 2.43. The van der Waals surface area contributed by atoms with Crippen LogP contribution in [-0.2, 0) is 4.79 Å². The number of benzene rings is 1. The molecule has 1 fully saturated rings. The molecule has 1 aliphatic heterocycles. The molecule has 1 unspecified atom stereocenters. The molecular formula is C15H23ClN4O3. The van der Waals surface area contributed by atoms with Crippen molar-refractivity contribution < 1.29 is 9.72 Å². The number of nitrogens with zero attached hydrogens (tertiary/aromatic N) is 2. The van der Waals surface area contributed by atoms with E-state index in [9.17, 15) is 14.9 Å². The molecule has 1 saturated heterocycles. The van der Waals surface area contributed by atoms with Crippen LogP contribution in [0, 0.1) is 15.5 Å². The van der Waals surface area contributed by atoms with Crippen molar-refractivity contribution in [1.82, 2.24) is 4.90 Å². The lowest BCUT2D eigenvalue weighted by Gasteiger charge is -2.42. The van der Waals surface area contributed by atoms with Gasteiger partial charge in [0.05, 0.1) is 11.5 Å². The molecule has 0 bridgehead atoms. The number of carbonyl (C=O) groups is 1. The summed E-state index contributed by atoms with van der Waals surface area (Å²) < 4.78 is 0. The Bertz CT molecular complexity index is 580. The Labute approximate surface area is 141 Å². The van der Waals surface area contributed by atoms with Crippen molar-refractivity contribution in [1.29, 1.82) is 0 Å². The number of rotatable bonds is 4. The lowest BCUT2D eigenvalue weighted by atomic mass is 9.80. The summed E-state index contributed by atoms with van der Waals surface area (Å²) >= 11 is 0. The van der Waals surface area contributed by atoms with E-state index in [1.165, 1.54) is 12.1 Å². The van der Waals surface area contributed by atoms with Crippen molar-refractivity contribution >= 4 is 29.7 Å². The van der Waals surface area contributed by atoms with E-state index < -0.39 is 4.92 Å². The number of halogens is 1. The minimum absolute atomic E-state index is 0. The van der Waals surface area contributed by atoms with Gasteiger partial charge in [-0.05, 0) is 17.9 Å². The second-order valence-corrected chi connectivity index (χ2v) is 6.42. The predicted molar refractivity (Wildman–Crippen MR) is 91.8 cm³/mol. The zero-order valence-electron chi connectivity index (χ0n) is 13.3. The highest BCUT2D eigenvalue weighted by molar-refractivity contribution is 5.94. The third kappa shape index (κ3) is 4.89. The van der Waals surface area contributed by atoms with Crippen molar-refractivity contribution in [2.75, 3.05) is 25.0 Å². The Morgan fingerprint density at radius 1 is 1.48 bits per heavy atom.